The van der Waals surface area contributed by atoms with Crippen LogP contribution in [0.1, 0.15) is 27.2 Å². The first-order valence-corrected chi connectivity index (χ1v) is 8.75. The minimum atomic E-state index is -0.426. The standard InChI is InChI=1S/C17H17N3O4S/c1-9-7-19-16(25-9)11-5-10(17(21)22-2)6-12-14(11)20-15(24-12)13-8-18-3-4-23-13/h5-7,13,18H,3-4,8H2,1-2H3. The van der Waals surface area contributed by atoms with E-state index >= 15 is 0 Å². The summed E-state index contributed by atoms with van der Waals surface area (Å²) >= 11 is 1.54. The van der Waals surface area contributed by atoms with E-state index in [0.717, 1.165) is 22.0 Å². The molecule has 0 spiro atoms. The molecule has 1 aliphatic rings. The lowest BCUT2D eigenvalue weighted by molar-refractivity contribution is 0.0118. The van der Waals surface area contributed by atoms with E-state index in [4.69, 9.17) is 13.9 Å². The SMILES string of the molecule is COC(=O)c1cc(-c2ncc(C)s2)c2nc(C3CNCCO3)oc2c1. The molecule has 1 saturated heterocycles. The Labute approximate surface area is 148 Å². The van der Waals surface area contributed by atoms with Crippen molar-refractivity contribution in [3.8, 4) is 10.6 Å². The first kappa shape index (κ1) is 16.2. The van der Waals surface area contributed by atoms with Crippen LogP contribution in [0.15, 0.2) is 22.7 Å². The number of nitrogens with zero attached hydrogens (tertiary/aromatic N) is 2. The molecule has 3 aromatic rings. The first-order valence-electron chi connectivity index (χ1n) is 7.93. The number of nitrogens with one attached hydrogen (secondary N) is 1. The molecule has 1 unspecified atom stereocenters. The van der Waals surface area contributed by atoms with E-state index in [-0.39, 0.29) is 6.10 Å². The number of aryl methyl sites for hydroxylation is 1. The Hall–Kier alpha value is -2.29. The molecule has 0 aliphatic carbocycles. The fourth-order valence-corrected chi connectivity index (χ4v) is 3.57. The lowest BCUT2D eigenvalue weighted by Gasteiger charge is -2.20. The number of oxazole rings is 1. The van der Waals surface area contributed by atoms with Crippen molar-refractivity contribution in [2.75, 3.05) is 26.8 Å². The summed E-state index contributed by atoms with van der Waals surface area (Å²) in [6.45, 7) is 4.04. The Morgan fingerprint density at radius 1 is 1.44 bits per heavy atom. The normalized spacial score (nSPS) is 17.8. The molecule has 1 atom stereocenters. The number of aromatic nitrogens is 2. The van der Waals surface area contributed by atoms with Crippen LogP contribution in [-0.2, 0) is 9.47 Å². The zero-order valence-corrected chi connectivity index (χ0v) is 14.7. The third-order valence-corrected chi connectivity index (χ3v) is 4.93. The number of benzene rings is 1. The van der Waals surface area contributed by atoms with Crippen LogP contribution in [0.5, 0.6) is 0 Å². The molecule has 25 heavy (non-hydrogen) atoms. The topological polar surface area (TPSA) is 86.5 Å². The van der Waals surface area contributed by atoms with Gasteiger partial charge in [0.15, 0.2) is 5.58 Å². The summed E-state index contributed by atoms with van der Waals surface area (Å²) in [4.78, 5) is 22.2. The number of esters is 1. The largest absolute Gasteiger partial charge is 0.465 e. The average molecular weight is 359 g/mol. The lowest BCUT2D eigenvalue weighted by atomic mass is 10.1. The molecular formula is C17H17N3O4S. The Bertz CT molecular complexity index is 927. The summed E-state index contributed by atoms with van der Waals surface area (Å²) in [6, 6.07) is 3.40. The number of hydrogen-bond acceptors (Lipinski definition) is 8. The van der Waals surface area contributed by atoms with Gasteiger partial charge in [-0.2, -0.15) is 0 Å². The summed E-state index contributed by atoms with van der Waals surface area (Å²) in [5.74, 6) is 0.0729. The van der Waals surface area contributed by atoms with E-state index in [2.05, 4.69) is 15.3 Å². The van der Waals surface area contributed by atoms with Crippen molar-refractivity contribution in [3.05, 3.63) is 34.7 Å². The van der Waals surface area contributed by atoms with Gasteiger partial charge in [0.1, 0.15) is 16.6 Å². The van der Waals surface area contributed by atoms with Crippen LogP contribution in [0, 0.1) is 6.92 Å². The molecule has 2 aromatic heterocycles. The van der Waals surface area contributed by atoms with Crippen LogP contribution in [0.2, 0.25) is 0 Å². The first-order chi connectivity index (χ1) is 12.2. The van der Waals surface area contributed by atoms with E-state index in [1.807, 2.05) is 6.92 Å². The molecule has 4 rings (SSSR count). The molecule has 0 amide bonds. The van der Waals surface area contributed by atoms with Crippen LogP contribution >= 0.6 is 11.3 Å². The van der Waals surface area contributed by atoms with Crippen LogP contribution in [-0.4, -0.2) is 42.7 Å². The highest BCUT2D eigenvalue weighted by Gasteiger charge is 2.24. The van der Waals surface area contributed by atoms with E-state index < -0.39 is 5.97 Å². The van der Waals surface area contributed by atoms with Crippen molar-refractivity contribution in [2.45, 2.75) is 13.0 Å². The molecule has 1 fully saturated rings. The number of hydrogen-bond donors (Lipinski definition) is 1. The van der Waals surface area contributed by atoms with E-state index in [9.17, 15) is 4.79 Å². The van der Waals surface area contributed by atoms with Gasteiger partial charge in [-0.3, -0.25) is 0 Å². The quantitative estimate of drug-likeness (QED) is 0.720. The summed E-state index contributed by atoms with van der Waals surface area (Å²) < 4.78 is 16.5. The third kappa shape index (κ3) is 3.04. The zero-order valence-electron chi connectivity index (χ0n) is 13.9. The summed E-state index contributed by atoms with van der Waals surface area (Å²) in [6.07, 6.45) is 1.56. The van der Waals surface area contributed by atoms with Crippen molar-refractivity contribution in [1.82, 2.24) is 15.3 Å². The van der Waals surface area contributed by atoms with Gasteiger partial charge in [0.05, 0.1) is 19.3 Å². The van der Waals surface area contributed by atoms with Crippen molar-refractivity contribution < 1.29 is 18.7 Å². The smallest absolute Gasteiger partial charge is 0.338 e. The van der Waals surface area contributed by atoms with Gasteiger partial charge in [-0.05, 0) is 19.1 Å². The van der Waals surface area contributed by atoms with Gasteiger partial charge in [-0.25, -0.2) is 14.8 Å². The highest BCUT2D eigenvalue weighted by molar-refractivity contribution is 7.15. The van der Waals surface area contributed by atoms with Gasteiger partial charge >= 0.3 is 5.97 Å². The summed E-state index contributed by atoms with van der Waals surface area (Å²) in [5.41, 5.74) is 2.36. The molecule has 1 aromatic carbocycles. The lowest BCUT2D eigenvalue weighted by Crippen LogP contribution is -2.33. The predicted molar refractivity (Wildman–Crippen MR) is 92.8 cm³/mol. The molecule has 0 radical (unpaired) electrons. The highest BCUT2D eigenvalue weighted by atomic mass is 32.1. The summed E-state index contributed by atoms with van der Waals surface area (Å²) in [5, 5.41) is 4.04. The van der Waals surface area contributed by atoms with Crippen LogP contribution in [0.25, 0.3) is 21.7 Å². The van der Waals surface area contributed by atoms with Gasteiger partial charge in [0, 0.05) is 29.7 Å². The Kier molecular flexibility index (Phi) is 4.24. The van der Waals surface area contributed by atoms with E-state index in [1.54, 1.807) is 29.7 Å². The second kappa shape index (κ2) is 6.55. The number of methoxy groups -OCH3 is 1. The maximum Gasteiger partial charge on any atom is 0.338 e. The second-order valence-electron chi connectivity index (χ2n) is 5.75. The zero-order chi connectivity index (χ0) is 17.4. The van der Waals surface area contributed by atoms with Crippen LogP contribution in [0.4, 0.5) is 0 Å². The van der Waals surface area contributed by atoms with Crippen molar-refractivity contribution in [2.24, 2.45) is 0 Å². The van der Waals surface area contributed by atoms with Gasteiger partial charge in [-0.15, -0.1) is 11.3 Å². The molecule has 7 nitrogen and oxygen atoms in total. The van der Waals surface area contributed by atoms with Crippen molar-refractivity contribution in [3.63, 3.8) is 0 Å². The minimum Gasteiger partial charge on any atom is -0.465 e. The van der Waals surface area contributed by atoms with Gasteiger partial charge in [0.2, 0.25) is 5.89 Å². The molecule has 1 aliphatic heterocycles. The number of thiazole rings is 1. The Morgan fingerprint density at radius 3 is 3.00 bits per heavy atom. The fourth-order valence-electron chi connectivity index (χ4n) is 2.79. The second-order valence-corrected chi connectivity index (χ2v) is 6.99. The molecule has 130 valence electrons. The Morgan fingerprint density at radius 2 is 2.32 bits per heavy atom. The number of carbonyl (C=O) groups excluding carboxylic acids is 1. The van der Waals surface area contributed by atoms with Crippen molar-refractivity contribution >= 4 is 28.4 Å². The van der Waals surface area contributed by atoms with Gasteiger partial charge in [0.25, 0.3) is 0 Å². The Balaban J connectivity index is 1.87. The number of rotatable bonds is 3. The minimum absolute atomic E-state index is 0.242. The van der Waals surface area contributed by atoms with Crippen molar-refractivity contribution in [1.29, 1.82) is 0 Å². The monoisotopic (exact) mass is 359 g/mol. The summed E-state index contributed by atoms with van der Waals surface area (Å²) in [7, 11) is 1.35. The third-order valence-electron chi connectivity index (χ3n) is 3.99. The predicted octanol–water partition coefficient (Wildman–Crippen LogP) is 2.71. The molecular weight excluding hydrogens is 342 g/mol. The molecule has 0 bridgehead atoms. The number of carbonyl (C=O) groups is 1. The molecule has 0 saturated carbocycles. The van der Waals surface area contributed by atoms with Crippen LogP contribution < -0.4 is 5.32 Å². The molecule has 8 heteroatoms. The number of morpholine rings is 1. The maximum absolute atomic E-state index is 12.0. The maximum atomic E-state index is 12.0. The average Bonchev–Trinajstić information content (AvgIpc) is 3.27. The highest BCUT2D eigenvalue weighted by Crippen LogP contribution is 2.34. The van der Waals surface area contributed by atoms with E-state index in [0.29, 0.717) is 35.7 Å². The molecule has 1 N–H and O–H groups in total. The van der Waals surface area contributed by atoms with Gasteiger partial charge < -0.3 is 19.2 Å². The van der Waals surface area contributed by atoms with E-state index in [1.165, 1.54) is 7.11 Å². The fraction of sp³-hybridized carbons (Fsp3) is 0.353. The van der Waals surface area contributed by atoms with Gasteiger partial charge in [-0.1, -0.05) is 0 Å². The number of fused-ring (bicyclic) bond motifs is 1. The van der Waals surface area contributed by atoms with Crippen LogP contribution in [0.3, 0.4) is 0 Å². The molecule has 3 heterocycles. The number of ether oxygens (including phenoxy) is 2.